The second kappa shape index (κ2) is 15.2. The zero-order valence-corrected chi connectivity index (χ0v) is 27.4. The van der Waals surface area contributed by atoms with E-state index in [1.807, 2.05) is 13.1 Å². The Morgan fingerprint density at radius 2 is 1.21 bits per heavy atom. The fourth-order valence-corrected chi connectivity index (χ4v) is 5.37. The summed E-state index contributed by atoms with van der Waals surface area (Å²) in [6.45, 7) is 14.1. The molecule has 0 amide bonds. The maximum absolute atomic E-state index is 12.1. The van der Waals surface area contributed by atoms with Crippen molar-refractivity contribution in [2.45, 2.75) is 128 Å². The number of ether oxygens (including phenoxy) is 8. The largest absolute Gasteiger partial charge is 0.463 e. The maximum Gasteiger partial charge on any atom is 0.303 e. The lowest BCUT2D eigenvalue weighted by Gasteiger charge is -2.48. The molecule has 0 radical (unpaired) electrons. The van der Waals surface area contributed by atoms with Crippen molar-refractivity contribution in [3.8, 4) is 0 Å². The first-order chi connectivity index (χ1) is 19.8. The molecule has 0 spiro atoms. The SMILES string of the molecule is CO[C@H]1OC(CO[Si](C)(C)C(C)(C)C)[C@H](O)C(O[C@@H]2OC(COC(C)=O)[C@@H](OC(C)=O)C(OC(C)=O)C2OC(C)=O)C1O. The third kappa shape index (κ3) is 9.91. The van der Waals surface area contributed by atoms with Gasteiger partial charge in [-0.1, -0.05) is 20.8 Å². The van der Waals surface area contributed by atoms with Crippen LogP contribution in [0.1, 0.15) is 48.5 Å². The Morgan fingerprint density at radius 3 is 1.70 bits per heavy atom. The minimum atomic E-state index is -2.28. The lowest BCUT2D eigenvalue weighted by molar-refractivity contribution is -0.358. The van der Waals surface area contributed by atoms with Crippen molar-refractivity contribution in [1.29, 1.82) is 0 Å². The van der Waals surface area contributed by atoms with Gasteiger partial charge < -0.3 is 52.5 Å². The molecular formula is C27H46O15Si. The number of methoxy groups -OCH3 is 1. The molecule has 2 aliphatic heterocycles. The number of carbonyl (C=O) groups is 4. The van der Waals surface area contributed by atoms with Crippen LogP contribution in [0.15, 0.2) is 0 Å². The van der Waals surface area contributed by atoms with Gasteiger partial charge in [-0.2, -0.15) is 0 Å². The van der Waals surface area contributed by atoms with Crippen LogP contribution in [0.3, 0.4) is 0 Å². The van der Waals surface area contributed by atoms with E-state index in [0.717, 1.165) is 27.7 Å². The number of esters is 4. The minimum absolute atomic E-state index is 0.0529. The van der Waals surface area contributed by atoms with Crippen molar-refractivity contribution in [1.82, 2.24) is 0 Å². The molecule has 0 saturated carbocycles. The first kappa shape index (κ1) is 37.0. The molecule has 2 heterocycles. The van der Waals surface area contributed by atoms with Gasteiger partial charge in [-0.05, 0) is 18.1 Å². The summed E-state index contributed by atoms with van der Waals surface area (Å²) in [7, 11) is -0.990. The number of hydrogen-bond donors (Lipinski definition) is 2. The standard InChI is InChI=1S/C27H46O15Si/c1-13(28)35-11-18-21(37-14(2)29)23(38-15(3)30)24(39-16(4)31)26(41-18)42-22-19(32)17(40-25(34-8)20(22)33)12-36-43(9,10)27(5,6)7/h17-26,32-33H,11-12H2,1-10H3/t17?,18?,19-,20?,21+,22?,23?,24?,25-,26-/m0/s1. The zero-order chi connectivity index (χ0) is 32.9. The van der Waals surface area contributed by atoms with E-state index >= 15 is 0 Å². The highest BCUT2D eigenvalue weighted by Crippen LogP contribution is 2.38. The monoisotopic (exact) mass is 638 g/mol. The lowest BCUT2D eigenvalue weighted by Crippen LogP contribution is -2.66. The molecule has 0 aliphatic carbocycles. The van der Waals surface area contributed by atoms with E-state index in [1.54, 1.807) is 0 Å². The Bertz CT molecular complexity index is 982. The van der Waals surface area contributed by atoms with Crippen LogP contribution in [0.4, 0.5) is 0 Å². The predicted molar refractivity (Wildman–Crippen MR) is 148 cm³/mol. The average Bonchev–Trinajstić information content (AvgIpc) is 2.86. The molecule has 2 N–H and O–H groups in total. The van der Waals surface area contributed by atoms with Gasteiger partial charge >= 0.3 is 23.9 Å². The van der Waals surface area contributed by atoms with E-state index < -0.39 is 100 Å². The number of aliphatic hydroxyl groups excluding tert-OH is 2. The number of carbonyl (C=O) groups excluding carboxylic acids is 4. The van der Waals surface area contributed by atoms with Gasteiger partial charge in [0.25, 0.3) is 0 Å². The first-order valence-electron chi connectivity index (χ1n) is 13.9. The van der Waals surface area contributed by atoms with Crippen LogP contribution in [0.25, 0.3) is 0 Å². The highest BCUT2D eigenvalue weighted by molar-refractivity contribution is 6.74. The molecule has 10 atom stereocenters. The molecule has 0 aromatic heterocycles. The number of aliphatic hydroxyl groups is 2. The Morgan fingerprint density at radius 1 is 0.698 bits per heavy atom. The van der Waals surface area contributed by atoms with Gasteiger partial charge in [-0.3, -0.25) is 19.2 Å². The third-order valence-corrected chi connectivity index (χ3v) is 12.0. The first-order valence-corrected chi connectivity index (χ1v) is 16.8. The maximum atomic E-state index is 12.1. The predicted octanol–water partition coefficient (Wildman–Crippen LogP) is 0.570. The Kier molecular flexibility index (Phi) is 13.1. The molecule has 16 heteroatoms. The quantitative estimate of drug-likeness (QED) is 0.181. The van der Waals surface area contributed by atoms with Crippen LogP contribution in [0.5, 0.6) is 0 Å². The molecule has 0 bridgehead atoms. The molecule has 6 unspecified atom stereocenters. The summed E-state index contributed by atoms with van der Waals surface area (Å²) < 4.78 is 50.6. The molecular weight excluding hydrogens is 592 g/mol. The van der Waals surface area contributed by atoms with Gasteiger partial charge in [0.15, 0.2) is 39.2 Å². The summed E-state index contributed by atoms with van der Waals surface area (Å²) in [6, 6.07) is 0. The van der Waals surface area contributed by atoms with E-state index in [1.165, 1.54) is 7.11 Å². The van der Waals surface area contributed by atoms with Crippen LogP contribution < -0.4 is 0 Å². The summed E-state index contributed by atoms with van der Waals surface area (Å²) in [5, 5.41) is 22.2. The van der Waals surface area contributed by atoms with E-state index in [9.17, 15) is 29.4 Å². The van der Waals surface area contributed by atoms with E-state index in [4.69, 9.17) is 42.3 Å². The molecule has 2 fully saturated rings. The average molecular weight is 639 g/mol. The van der Waals surface area contributed by atoms with Crippen molar-refractivity contribution in [3.05, 3.63) is 0 Å². The van der Waals surface area contributed by atoms with Crippen molar-refractivity contribution >= 4 is 32.2 Å². The summed E-state index contributed by atoms with van der Waals surface area (Å²) >= 11 is 0. The second-order valence-corrected chi connectivity index (χ2v) is 16.8. The van der Waals surface area contributed by atoms with Crippen LogP contribution >= 0.6 is 0 Å². The van der Waals surface area contributed by atoms with E-state index in [-0.39, 0.29) is 11.6 Å². The number of rotatable bonds is 11. The minimum Gasteiger partial charge on any atom is -0.463 e. The summed E-state index contributed by atoms with van der Waals surface area (Å²) in [6.07, 6.45) is -14.2. The topological polar surface area (TPSA) is 192 Å². The molecule has 2 saturated heterocycles. The zero-order valence-electron chi connectivity index (χ0n) is 26.4. The van der Waals surface area contributed by atoms with E-state index in [2.05, 4.69) is 20.8 Å². The molecule has 0 aromatic carbocycles. The highest BCUT2D eigenvalue weighted by atomic mass is 28.4. The summed E-state index contributed by atoms with van der Waals surface area (Å²) in [4.78, 5) is 47.8. The van der Waals surface area contributed by atoms with Gasteiger partial charge in [0.2, 0.25) is 0 Å². The third-order valence-electron chi connectivity index (χ3n) is 7.53. The lowest BCUT2D eigenvalue weighted by atomic mass is 9.96. The van der Waals surface area contributed by atoms with Gasteiger partial charge in [-0.15, -0.1) is 0 Å². The van der Waals surface area contributed by atoms with Gasteiger partial charge in [-0.25, -0.2) is 0 Å². The number of hydrogen-bond acceptors (Lipinski definition) is 15. The fourth-order valence-electron chi connectivity index (χ4n) is 4.36. The molecule has 15 nitrogen and oxygen atoms in total. The van der Waals surface area contributed by atoms with Crippen LogP contribution in [0.2, 0.25) is 18.1 Å². The highest BCUT2D eigenvalue weighted by Gasteiger charge is 2.56. The smallest absolute Gasteiger partial charge is 0.303 e. The summed E-state index contributed by atoms with van der Waals surface area (Å²) in [5.41, 5.74) is 0. The van der Waals surface area contributed by atoms with E-state index in [0.29, 0.717) is 0 Å². The van der Waals surface area contributed by atoms with Gasteiger partial charge in [0, 0.05) is 34.8 Å². The normalized spacial score (nSPS) is 33.3. The molecule has 0 aromatic rings. The van der Waals surface area contributed by atoms with Crippen LogP contribution in [0, 0.1) is 0 Å². The Labute approximate surface area is 252 Å². The fraction of sp³-hybridized carbons (Fsp3) is 0.852. The van der Waals surface area contributed by atoms with Gasteiger partial charge in [0.05, 0.1) is 6.61 Å². The van der Waals surface area contributed by atoms with Crippen molar-refractivity contribution in [2.75, 3.05) is 20.3 Å². The summed E-state index contributed by atoms with van der Waals surface area (Å²) in [5.74, 6) is -3.12. The van der Waals surface area contributed by atoms with Crippen molar-refractivity contribution in [2.24, 2.45) is 0 Å². The van der Waals surface area contributed by atoms with Crippen LogP contribution in [-0.2, 0) is 61.5 Å². The molecule has 2 rings (SSSR count). The Hall–Kier alpha value is -2.18. The second-order valence-electron chi connectivity index (χ2n) is 12.0. The Balaban J connectivity index is 2.47. The molecule has 2 aliphatic rings. The molecule has 248 valence electrons. The van der Waals surface area contributed by atoms with Crippen LogP contribution in [-0.4, -0.2) is 124 Å². The van der Waals surface area contributed by atoms with Crippen molar-refractivity contribution in [3.63, 3.8) is 0 Å². The molecule has 43 heavy (non-hydrogen) atoms. The van der Waals surface area contributed by atoms with Crippen molar-refractivity contribution < 1.29 is 71.7 Å². The van der Waals surface area contributed by atoms with Gasteiger partial charge in [0.1, 0.15) is 37.1 Å².